The molecule has 0 aliphatic carbocycles. The molecular weight excluding hydrogens is 262 g/mol. The Hall–Kier alpha value is -1.07. The molecule has 0 amide bonds. The van der Waals surface area contributed by atoms with Crippen molar-refractivity contribution in [2.75, 3.05) is 7.11 Å². The van der Waals surface area contributed by atoms with E-state index in [2.05, 4.69) is 0 Å². The van der Waals surface area contributed by atoms with Gasteiger partial charge in [0.15, 0.2) is 9.84 Å². The lowest BCUT2D eigenvalue weighted by molar-refractivity contribution is 0.410. The SMILES string of the molecule is CCC(C)S(=O)(=O)Cc1cc(C(C)N)ccc1OC. The third kappa shape index (κ3) is 3.94. The monoisotopic (exact) mass is 285 g/mol. The van der Waals surface area contributed by atoms with E-state index < -0.39 is 9.84 Å². The average Bonchev–Trinajstić information content (AvgIpc) is 2.36. The van der Waals surface area contributed by atoms with Crippen molar-refractivity contribution in [2.24, 2.45) is 5.73 Å². The van der Waals surface area contributed by atoms with Crippen molar-refractivity contribution in [3.8, 4) is 5.75 Å². The maximum absolute atomic E-state index is 12.2. The third-order valence-corrected chi connectivity index (χ3v) is 5.65. The van der Waals surface area contributed by atoms with Crippen LogP contribution in [0.3, 0.4) is 0 Å². The molecule has 0 aromatic heterocycles. The lowest BCUT2D eigenvalue weighted by atomic mass is 10.1. The van der Waals surface area contributed by atoms with E-state index in [-0.39, 0.29) is 17.0 Å². The second-order valence-corrected chi connectivity index (χ2v) is 7.31. The minimum Gasteiger partial charge on any atom is -0.496 e. The number of nitrogens with two attached hydrogens (primary N) is 1. The van der Waals surface area contributed by atoms with E-state index >= 15 is 0 Å². The van der Waals surface area contributed by atoms with Crippen LogP contribution in [0.1, 0.15) is 44.4 Å². The molecule has 1 rings (SSSR count). The van der Waals surface area contributed by atoms with Crippen LogP contribution in [-0.4, -0.2) is 20.8 Å². The van der Waals surface area contributed by atoms with E-state index in [0.717, 1.165) is 5.56 Å². The summed E-state index contributed by atoms with van der Waals surface area (Å²) < 4.78 is 29.6. The van der Waals surface area contributed by atoms with Crippen molar-refractivity contribution in [1.29, 1.82) is 0 Å². The molecule has 2 unspecified atom stereocenters. The average molecular weight is 285 g/mol. The number of rotatable bonds is 6. The molecule has 0 saturated heterocycles. The molecule has 2 N–H and O–H groups in total. The van der Waals surface area contributed by atoms with Gasteiger partial charge in [0.05, 0.1) is 18.1 Å². The molecule has 1 aromatic carbocycles. The third-order valence-electron chi connectivity index (χ3n) is 3.37. The van der Waals surface area contributed by atoms with Crippen LogP contribution >= 0.6 is 0 Å². The summed E-state index contributed by atoms with van der Waals surface area (Å²) in [4.78, 5) is 0. The van der Waals surface area contributed by atoms with E-state index in [1.807, 2.05) is 26.0 Å². The fraction of sp³-hybridized carbons (Fsp3) is 0.571. The number of methoxy groups -OCH3 is 1. The summed E-state index contributed by atoms with van der Waals surface area (Å²) in [6, 6.07) is 5.34. The Balaban J connectivity index is 3.15. The van der Waals surface area contributed by atoms with Gasteiger partial charge < -0.3 is 10.5 Å². The number of benzene rings is 1. The number of sulfone groups is 1. The van der Waals surface area contributed by atoms with Gasteiger partial charge in [-0.2, -0.15) is 0 Å². The van der Waals surface area contributed by atoms with Gasteiger partial charge in [-0.25, -0.2) is 8.42 Å². The maximum atomic E-state index is 12.2. The summed E-state index contributed by atoms with van der Waals surface area (Å²) >= 11 is 0. The van der Waals surface area contributed by atoms with Gasteiger partial charge in [0.25, 0.3) is 0 Å². The van der Waals surface area contributed by atoms with Crippen molar-refractivity contribution in [2.45, 2.75) is 44.2 Å². The zero-order valence-electron chi connectivity index (χ0n) is 12.0. The van der Waals surface area contributed by atoms with Gasteiger partial charge in [-0.15, -0.1) is 0 Å². The Morgan fingerprint density at radius 3 is 2.42 bits per heavy atom. The molecule has 4 nitrogen and oxygen atoms in total. The second-order valence-electron chi connectivity index (χ2n) is 4.89. The molecule has 0 fully saturated rings. The first-order chi connectivity index (χ1) is 8.81. The zero-order valence-corrected chi connectivity index (χ0v) is 12.8. The van der Waals surface area contributed by atoms with Crippen molar-refractivity contribution >= 4 is 9.84 Å². The fourth-order valence-electron chi connectivity index (χ4n) is 1.81. The van der Waals surface area contributed by atoms with Crippen molar-refractivity contribution in [3.05, 3.63) is 29.3 Å². The molecule has 2 atom stereocenters. The van der Waals surface area contributed by atoms with Crippen LogP contribution in [0.4, 0.5) is 0 Å². The first kappa shape index (κ1) is 16.0. The van der Waals surface area contributed by atoms with Crippen LogP contribution in [0.5, 0.6) is 5.75 Å². The highest BCUT2D eigenvalue weighted by atomic mass is 32.2. The maximum Gasteiger partial charge on any atom is 0.157 e. The van der Waals surface area contributed by atoms with Crippen LogP contribution in [0.15, 0.2) is 18.2 Å². The van der Waals surface area contributed by atoms with E-state index in [0.29, 0.717) is 17.7 Å². The summed E-state index contributed by atoms with van der Waals surface area (Å²) in [6.45, 7) is 5.48. The molecule has 0 radical (unpaired) electrons. The first-order valence-electron chi connectivity index (χ1n) is 6.45. The fourth-order valence-corrected chi connectivity index (χ4v) is 3.26. The Labute approximate surface area is 115 Å². The van der Waals surface area contributed by atoms with E-state index in [1.54, 1.807) is 20.1 Å². The molecule has 0 spiro atoms. The molecule has 1 aromatic rings. The van der Waals surface area contributed by atoms with Crippen LogP contribution in [0, 0.1) is 0 Å². The van der Waals surface area contributed by atoms with E-state index in [9.17, 15) is 8.42 Å². The van der Waals surface area contributed by atoms with Gasteiger partial charge in [-0.1, -0.05) is 13.0 Å². The molecule has 19 heavy (non-hydrogen) atoms. The molecule has 0 aliphatic rings. The van der Waals surface area contributed by atoms with Gasteiger partial charge in [0, 0.05) is 11.6 Å². The number of hydrogen-bond donors (Lipinski definition) is 1. The largest absolute Gasteiger partial charge is 0.496 e. The Bertz CT molecular complexity index is 523. The van der Waals surface area contributed by atoms with Gasteiger partial charge in [0.2, 0.25) is 0 Å². The zero-order chi connectivity index (χ0) is 14.6. The number of ether oxygens (including phenoxy) is 1. The van der Waals surface area contributed by atoms with E-state index in [1.165, 1.54) is 0 Å². The topological polar surface area (TPSA) is 69.4 Å². The highest BCUT2D eigenvalue weighted by Gasteiger charge is 2.21. The van der Waals surface area contributed by atoms with Crippen molar-refractivity contribution in [1.82, 2.24) is 0 Å². The number of hydrogen-bond acceptors (Lipinski definition) is 4. The molecule has 0 saturated carbocycles. The van der Waals surface area contributed by atoms with Gasteiger partial charge in [0.1, 0.15) is 5.75 Å². The quantitative estimate of drug-likeness (QED) is 0.871. The molecule has 5 heteroatoms. The summed E-state index contributed by atoms with van der Waals surface area (Å²) in [5.74, 6) is 0.586. The highest BCUT2D eigenvalue weighted by Crippen LogP contribution is 2.26. The lowest BCUT2D eigenvalue weighted by Gasteiger charge is -2.15. The molecule has 0 aliphatic heterocycles. The van der Waals surface area contributed by atoms with Crippen LogP contribution in [0.2, 0.25) is 0 Å². The standard InChI is InChI=1S/C14H23NO3S/c1-5-10(2)19(16,17)9-13-8-12(11(3)15)6-7-14(13)18-4/h6-8,10-11H,5,9,15H2,1-4H3. The highest BCUT2D eigenvalue weighted by molar-refractivity contribution is 7.91. The summed E-state index contributed by atoms with van der Waals surface area (Å²) in [7, 11) is -1.62. The molecular formula is C14H23NO3S. The van der Waals surface area contributed by atoms with Crippen LogP contribution < -0.4 is 10.5 Å². The second kappa shape index (κ2) is 6.39. The Morgan fingerprint density at radius 1 is 1.32 bits per heavy atom. The lowest BCUT2D eigenvalue weighted by Crippen LogP contribution is -2.19. The van der Waals surface area contributed by atoms with Gasteiger partial charge in [-0.05, 0) is 38.0 Å². The predicted molar refractivity (Wildman–Crippen MR) is 78.0 cm³/mol. The first-order valence-corrected chi connectivity index (χ1v) is 8.17. The van der Waals surface area contributed by atoms with Crippen molar-refractivity contribution in [3.63, 3.8) is 0 Å². The Kier molecular flexibility index (Phi) is 5.38. The minimum atomic E-state index is -3.16. The van der Waals surface area contributed by atoms with E-state index in [4.69, 9.17) is 10.5 Å². The minimum absolute atomic E-state index is 0.00819. The smallest absolute Gasteiger partial charge is 0.157 e. The molecule has 108 valence electrons. The van der Waals surface area contributed by atoms with Gasteiger partial charge >= 0.3 is 0 Å². The van der Waals surface area contributed by atoms with Gasteiger partial charge in [-0.3, -0.25) is 0 Å². The van der Waals surface area contributed by atoms with Crippen LogP contribution in [-0.2, 0) is 15.6 Å². The summed E-state index contributed by atoms with van der Waals surface area (Å²) in [5, 5.41) is -0.351. The summed E-state index contributed by atoms with van der Waals surface area (Å²) in [5.41, 5.74) is 7.42. The Morgan fingerprint density at radius 2 is 1.95 bits per heavy atom. The molecule has 0 heterocycles. The normalized spacial score (nSPS) is 15.0. The van der Waals surface area contributed by atoms with Crippen molar-refractivity contribution < 1.29 is 13.2 Å². The van der Waals surface area contributed by atoms with Crippen LogP contribution in [0.25, 0.3) is 0 Å². The summed E-state index contributed by atoms with van der Waals surface area (Å²) in [6.07, 6.45) is 0.609. The predicted octanol–water partition coefficient (Wildman–Crippen LogP) is 2.43. The molecule has 0 bridgehead atoms.